The third-order valence-corrected chi connectivity index (χ3v) is 10.3. The highest BCUT2D eigenvalue weighted by Gasteiger charge is 2.21. The third kappa shape index (κ3) is 7.11. The monoisotopic (exact) mass is 541 g/mol. The van der Waals surface area contributed by atoms with Gasteiger partial charge in [0.25, 0.3) is 0 Å². The number of thiophene rings is 1. The average molecular weight is 542 g/mol. The molecular formula is C24H28ClNO5S3. The van der Waals surface area contributed by atoms with Crippen LogP contribution in [0.5, 0.6) is 5.75 Å². The van der Waals surface area contributed by atoms with Gasteiger partial charge in [0.1, 0.15) is 9.96 Å². The van der Waals surface area contributed by atoms with Crippen LogP contribution in [0, 0.1) is 13.8 Å². The summed E-state index contributed by atoms with van der Waals surface area (Å²) in [6.45, 7) is 6.82. The van der Waals surface area contributed by atoms with Gasteiger partial charge in [0.15, 0.2) is 16.4 Å². The van der Waals surface area contributed by atoms with E-state index in [4.69, 9.17) is 21.4 Å². The van der Waals surface area contributed by atoms with Crippen LogP contribution in [0.2, 0.25) is 5.02 Å². The smallest absolute Gasteiger partial charge is 0.341 e. The number of ether oxygens (including phenoxy) is 1. The van der Waals surface area contributed by atoms with Gasteiger partial charge in [0.05, 0.1) is 5.75 Å². The Hall–Kier alpha value is -1.78. The fourth-order valence-electron chi connectivity index (χ4n) is 3.52. The van der Waals surface area contributed by atoms with Crippen LogP contribution in [-0.4, -0.2) is 50.2 Å². The summed E-state index contributed by atoms with van der Waals surface area (Å²) < 4.78 is 32.4. The zero-order chi connectivity index (χ0) is 24.9. The Kier molecular flexibility index (Phi) is 9.28. The molecule has 184 valence electrons. The maximum atomic E-state index is 12.9. The summed E-state index contributed by atoms with van der Waals surface area (Å²) in [6.07, 6.45) is 0.531. The summed E-state index contributed by atoms with van der Waals surface area (Å²) >= 11 is 9.07. The highest BCUT2D eigenvalue weighted by molar-refractivity contribution is 8.00. The molecule has 0 aliphatic carbocycles. The molecule has 0 fully saturated rings. The van der Waals surface area contributed by atoms with Crippen molar-refractivity contribution in [2.45, 2.75) is 41.5 Å². The van der Waals surface area contributed by atoms with E-state index in [1.807, 2.05) is 38.1 Å². The SMILES string of the molecule is Cc1cc(SC(C)CNCCCS(=O)(=O)c2sc3ccc(Cl)cc3c2C)ccc1OCC(=O)O. The van der Waals surface area contributed by atoms with Crippen molar-refractivity contribution in [1.82, 2.24) is 5.32 Å². The third-order valence-electron chi connectivity index (χ3n) is 5.17. The number of aliphatic carboxylic acids is 1. The van der Waals surface area contributed by atoms with Gasteiger partial charge in [-0.1, -0.05) is 18.5 Å². The Morgan fingerprint density at radius 1 is 1.24 bits per heavy atom. The molecular weight excluding hydrogens is 514 g/mol. The zero-order valence-electron chi connectivity index (χ0n) is 19.3. The number of sulfone groups is 1. The van der Waals surface area contributed by atoms with Crippen molar-refractivity contribution in [2.75, 3.05) is 25.4 Å². The van der Waals surface area contributed by atoms with Crippen LogP contribution in [0.1, 0.15) is 24.5 Å². The molecule has 0 amide bonds. The van der Waals surface area contributed by atoms with Crippen molar-refractivity contribution in [3.63, 3.8) is 0 Å². The molecule has 1 heterocycles. The molecule has 6 nitrogen and oxygen atoms in total. The topological polar surface area (TPSA) is 92.7 Å². The second kappa shape index (κ2) is 11.8. The molecule has 1 aromatic heterocycles. The van der Waals surface area contributed by atoms with Crippen LogP contribution < -0.4 is 10.1 Å². The maximum absolute atomic E-state index is 12.9. The quantitative estimate of drug-likeness (QED) is 0.229. The van der Waals surface area contributed by atoms with Crippen LogP contribution in [0.4, 0.5) is 0 Å². The highest BCUT2D eigenvalue weighted by Crippen LogP contribution is 2.36. The first-order chi connectivity index (χ1) is 16.1. The van der Waals surface area contributed by atoms with Gasteiger partial charge in [0.2, 0.25) is 0 Å². The summed E-state index contributed by atoms with van der Waals surface area (Å²) in [4.78, 5) is 11.7. The Morgan fingerprint density at radius 2 is 2.00 bits per heavy atom. The normalized spacial score (nSPS) is 12.7. The van der Waals surface area contributed by atoms with Crippen LogP contribution >= 0.6 is 34.7 Å². The van der Waals surface area contributed by atoms with Crippen LogP contribution in [0.3, 0.4) is 0 Å². The number of carbonyl (C=O) groups is 1. The van der Waals surface area contributed by atoms with Gasteiger partial charge in [0, 0.05) is 26.4 Å². The molecule has 1 atom stereocenters. The number of benzene rings is 2. The molecule has 3 rings (SSSR count). The van der Waals surface area contributed by atoms with Crippen LogP contribution in [0.25, 0.3) is 10.1 Å². The van der Waals surface area contributed by atoms with E-state index in [1.54, 1.807) is 23.9 Å². The minimum absolute atomic E-state index is 0.0971. The van der Waals surface area contributed by atoms with E-state index in [9.17, 15) is 13.2 Å². The minimum Gasteiger partial charge on any atom is -0.482 e. The van der Waals surface area contributed by atoms with Gasteiger partial charge in [-0.05, 0) is 79.7 Å². The molecule has 3 aromatic rings. The lowest BCUT2D eigenvalue weighted by Gasteiger charge is -2.14. The lowest BCUT2D eigenvalue weighted by Crippen LogP contribution is -2.25. The van der Waals surface area contributed by atoms with Gasteiger partial charge in [-0.2, -0.15) is 0 Å². The number of nitrogens with one attached hydrogen (secondary N) is 1. The van der Waals surface area contributed by atoms with Crippen LogP contribution in [0.15, 0.2) is 45.5 Å². The first kappa shape index (κ1) is 26.8. The van der Waals surface area contributed by atoms with Gasteiger partial charge < -0.3 is 15.2 Å². The van der Waals surface area contributed by atoms with E-state index in [0.29, 0.717) is 27.9 Å². The molecule has 2 aromatic carbocycles. The molecule has 0 aliphatic rings. The maximum Gasteiger partial charge on any atom is 0.341 e. The molecule has 0 radical (unpaired) electrons. The fraction of sp³-hybridized carbons (Fsp3) is 0.375. The predicted molar refractivity (Wildman–Crippen MR) is 141 cm³/mol. The van der Waals surface area contributed by atoms with Crippen LogP contribution in [-0.2, 0) is 14.6 Å². The molecule has 1 unspecified atom stereocenters. The van der Waals surface area contributed by atoms with Gasteiger partial charge >= 0.3 is 5.97 Å². The summed E-state index contributed by atoms with van der Waals surface area (Å²) in [5.41, 5.74) is 1.66. The Balaban J connectivity index is 1.45. The van der Waals surface area contributed by atoms with Gasteiger partial charge in [-0.25, -0.2) is 13.2 Å². The molecule has 2 N–H and O–H groups in total. The number of rotatable bonds is 12. The van der Waals surface area contributed by atoms with E-state index < -0.39 is 15.8 Å². The number of carboxylic acid groups (broad SMARTS) is 1. The summed E-state index contributed by atoms with van der Waals surface area (Å²) in [7, 11) is -3.35. The number of hydrogen-bond donors (Lipinski definition) is 2. The molecule has 10 heteroatoms. The predicted octanol–water partition coefficient (Wildman–Crippen LogP) is 5.57. The van der Waals surface area contributed by atoms with Gasteiger partial charge in [-0.3, -0.25) is 0 Å². The first-order valence-corrected chi connectivity index (χ1v) is 14.5. The number of carboxylic acids is 1. The fourth-order valence-corrected chi connectivity index (χ4v) is 7.99. The number of hydrogen-bond acceptors (Lipinski definition) is 7. The van der Waals surface area contributed by atoms with Crippen molar-refractivity contribution < 1.29 is 23.1 Å². The molecule has 34 heavy (non-hydrogen) atoms. The lowest BCUT2D eigenvalue weighted by atomic mass is 10.2. The number of fused-ring (bicyclic) bond motifs is 1. The van der Waals surface area contributed by atoms with Gasteiger partial charge in [-0.15, -0.1) is 23.1 Å². The number of thioether (sulfide) groups is 1. The van der Waals surface area contributed by atoms with E-state index in [1.165, 1.54) is 11.3 Å². The van der Waals surface area contributed by atoms with E-state index in [0.717, 1.165) is 32.7 Å². The summed E-state index contributed by atoms with van der Waals surface area (Å²) in [6, 6.07) is 11.1. The minimum atomic E-state index is -3.35. The standard InChI is InChI=1S/C24H28ClNO5S3/c1-15-11-19(6-7-21(15)31-14-23(27)28)32-16(2)13-26-9-4-10-34(29,30)24-17(3)20-12-18(25)5-8-22(20)33-24/h5-8,11-12,16,26H,4,9-10,13-14H2,1-3H3,(H,27,28). The second-order valence-electron chi connectivity index (χ2n) is 8.07. The van der Waals surface area contributed by atoms with Crippen molar-refractivity contribution in [3.05, 3.63) is 52.5 Å². The van der Waals surface area contributed by atoms with Crippen molar-refractivity contribution >= 4 is 60.6 Å². The van der Waals surface area contributed by atoms with E-state index >= 15 is 0 Å². The number of aryl methyl sites for hydroxylation is 2. The Morgan fingerprint density at radius 3 is 2.71 bits per heavy atom. The van der Waals surface area contributed by atoms with E-state index in [2.05, 4.69) is 12.2 Å². The molecule has 0 aliphatic heterocycles. The molecule has 0 spiro atoms. The zero-order valence-corrected chi connectivity index (χ0v) is 22.5. The van der Waals surface area contributed by atoms with Crippen molar-refractivity contribution in [3.8, 4) is 5.75 Å². The summed E-state index contributed by atoms with van der Waals surface area (Å²) in [5, 5.41) is 13.9. The molecule has 0 saturated heterocycles. The largest absolute Gasteiger partial charge is 0.482 e. The highest BCUT2D eigenvalue weighted by atomic mass is 35.5. The average Bonchev–Trinajstić information content (AvgIpc) is 3.09. The first-order valence-electron chi connectivity index (χ1n) is 10.8. The van der Waals surface area contributed by atoms with Crippen molar-refractivity contribution in [1.29, 1.82) is 0 Å². The lowest BCUT2D eigenvalue weighted by molar-refractivity contribution is -0.139. The Labute approximate surface area is 213 Å². The summed E-state index contributed by atoms with van der Waals surface area (Å²) in [5.74, 6) is -0.343. The number of halogens is 1. The van der Waals surface area contributed by atoms with Crippen molar-refractivity contribution in [2.24, 2.45) is 0 Å². The molecule has 0 saturated carbocycles. The Bertz CT molecular complexity index is 1270. The molecule has 0 bridgehead atoms. The second-order valence-corrected chi connectivity index (χ2v) is 13.4. The van der Waals surface area contributed by atoms with E-state index in [-0.39, 0.29) is 17.6 Å².